The van der Waals surface area contributed by atoms with Crippen LogP contribution in [-0.2, 0) is 11.2 Å². The number of nitrogen functional groups attached to an aromatic ring is 1. The van der Waals surface area contributed by atoms with Gasteiger partial charge in [0.05, 0.1) is 17.5 Å². The maximum Gasteiger partial charge on any atom is 0.223 e. The summed E-state index contributed by atoms with van der Waals surface area (Å²) in [6.45, 7) is 2.98. The quantitative estimate of drug-likeness (QED) is 0.727. The maximum atomic E-state index is 11.8. The molecule has 0 aromatic heterocycles. The van der Waals surface area contributed by atoms with Gasteiger partial charge in [0, 0.05) is 12.2 Å². The molecule has 0 aliphatic heterocycles. The van der Waals surface area contributed by atoms with E-state index in [0.717, 1.165) is 33.5 Å². The van der Waals surface area contributed by atoms with Crippen molar-refractivity contribution in [3.8, 4) is 5.75 Å². The molecule has 2 aromatic carbocycles. The molecular weight excluding hydrogens is 356 g/mol. The molecule has 23 heavy (non-hydrogen) atoms. The van der Waals surface area contributed by atoms with Crippen molar-refractivity contribution in [1.82, 2.24) is 5.32 Å². The molecule has 0 fully saturated rings. The predicted octanol–water partition coefficient (Wildman–Crippen LogP) is 3.47. The Morgan fingerprint density at radius 3 is 2.65 bits per heavy atom. The summed E-state index contributed by atoms with van der Waals surface area (Å²) in [5.41, 5.74) is 8.69. The van der Waals surface area contributed by atoms with Gasteiger partial charge in [0.2, 0.25) is 5.91 Å². The van der Waals surface area contributed by atoms with Crippen molar-refractivity contribution < 1.29 is 9.53 Å². The Kier molecular flexibility index (Phi) is 6.47. The van der Waals surface area contributed by atoms with Gasteiger partial charge in [-0.2, -0.15) is 0 Å². The zero-order chi connectivity index (χ0) is 16.7. The minimum atomic E-state index is -0.0105. The number of anilines is 1. The Hall–Kier alpha value is -2.01. The van der Waals surface area contributed by atoms with Crippen molar-refractivity contribution in [3.05, 3.63) is 58.1 Å². The van der Waals surface area contributed by atoms with Crippen molar-refractivity contribution in [2.24, 2.45) is 0 Å². The summed E-state index contributed by atoms with van der Waals surface area (Å²) in [7, 11) is 0. The SMILES string of the molecule is Cc1ccc(OCCC(=O)NCCc2ccc(N)cc2)c(Br)c1. The lowest BCUT2D eigenvalue weighted by Crippen LogP contribution is -2.27. The Bertz CT molecular complexity index is 657. The van der Waals surface area contributed by atoms with E-state index in [4.69, 9.17) is 10.5 Å². The third-order valence-corrected chi connectivity index (χ3v) is 4.01. The second-order valence-corrected chi connectivity index (χ2v) is 6.23. The van der Waals surface area contributed by atoms with E-state index in [9.17, 15) is 4.79 Å². The van der Waals surface area contributed by atoms with E-state index in [1.807, 2.05) is 49.4 Å². The normalized spacial score (nSPS) is 10.3. The summed E-state index contributed by atoms with van der Waals surface area (Å²) in [5.74, 6) is 0.744. The van der Waals surface area contributed by atoms with Crippen LogP contribution in [0.3, 0.4) is 0 Å². The van der Waals surface area contributed by atoms with Gasteiger partial charge in [-0.1, -0.05) is 18.2 Å². The van der Waals surface area contributed by atoms with Crippen LogP contribution in [0.1, 0.15) is 17.5 Å². The van der Waals surface area contributed by atoms with Gasteiger partial charge in [-0.3, -0.25) is 4.79 Å². The van der Waals surface area contributed by atoms with Crippen LogP contribution in [0.4, 0.5) is 5.69 Å². The van der Waals surface area contributed by atoms with Crippen LogP contribution in [-0.4, -0.2) is 19.1 Å². The van der Waals surface area contributed by atoms with Gasteiger partial charge in [0.25, 0.3) is 0 Å². The molecular formula is C18H21BrN2O2. The Labute approximate surface area is 145 Å². The smallest absolute Gasteiger partial charge is 0.223 e. The monoisotopic (exact) mass is 376 g/mol. The number of carbonyl (C=O) groups excluding carboxylic acids is 1. The van der Waals surface area contributed by atoms with Crippen LogP contribution in [0.5, 0.6) is 5.75 Å². The highest BCUT2D eigenvalue weighted by molar-refractivity contribution is 9.10. The molecule has 1 amide bonds. The van der Waals surface area contributed by atoms with Crippen molar-refractivity contribution in [3.63, 3.8) is 0 Å². The van der Waals surface area contributed by atoms with Crippen LogP contribution >= 0.6 is 15.9 Å². The Morgan fingerprint density at radius 1 is 1.22 bits per heavy atom. The van der Waals surface area contributed by atoms with E-state index < -0.39 is 0 Å². The number of benzene rings is 2. The molecule has 0 saturated heterocycles. The first kappa shape index (κ1) is 17.3. The molecule has 0 bridgehead atoms. The number of rotatable bonds is 7. The van der Waals surface area contributed by atoms with Crippen LogP contribution in [0.15, 0.2) is 46.9 Å². The fourth-order valence-corrected chi connectivity index (χ4v) is 2.70. The first-order valence-electron chi connectivity index (χ1n) is 7.54. The van der Waals surface area contributed by atoms with E-state index in [-0.39, 0.29) is 5.91 Å². The molecule has 0 spiro atoms. The van der Waals surface area contributed by atoms with Gasteiger partial charge in [-0.25, -0.2) is 0 Å². The largest absolute Gasteiger partial charge is 0.492 e. The molecule has 122 valence electrons. The summed E-state index contributed by atoms with van der Waals surface area (Å²) < 4.78 is 6.52. The number of nitrogens with one attached hydrogen (secondary N) is 1. The zero-order valence-electron chi connectivity index (χ0n) is 13.1. The van der Waals surface area contributed by atoms with Crippen LogP contribution < -0.4 is 15.8 Å². The molecule has 0 aliphatic rings. The molecule has 0 unspecified atom stereocenters. The molecule has 2 aromatic rings. The summed E-state index contributed by atoms with van der Waals surface area (Å²) in [4.78, 5) is 11.8. The van der Waals surface area contributed by atoms with Gasteiger partial charge < -0.3 is 15.8 Å². The highest BCUT2D eigenvalue weighted by Crippen LogP contribution is 2.25. The van der Waals surface area contributed by atoms with Crippen molar-refractivity contribution in [2.75, 3.05) is 18.9 Å². The third-order valence-electron chi connectivity index (χ3n) is 3.39. The first-order valence-corrected chi connectivity index (χ1v) is 8.34. The molecule has 0 aliphatic carbocycles. The summed E-state index contributed by atoms with van der Waals surface area (Å²) in [6, 6.07) is 13.5. The minimum absolute atomic E-state index is 0.0105. The van der Waals surface area contributed by atoms with E-state index >= 15 is 0 Å². The van der Waals surface area contributed by atoms with Gasteiger partial charge in [-0.05, 0) is 64.7 Å². The lowest BCUT2D eigenvalue weighted by Gasteiger charge is -2.09. The minimum Gasteiger partial charge on any atom is -0.492 e. The fourth-order valence-electron chi connectivity index (χ4n) is 2.10. The molecule has 0 radical (unpaired) electrons. The van der Waals surface area contributed by atoms with E-state index in [1.54, 1.807) is 0 Å². The lowest BCUT2D eigenvalue weighted by molar-refractivity contribution is -0.121. The summed E-state index contributed by atoms with van der Waals surface area (Å²) in [6.07, 6.45) is 1.12. The molecule has 5 heteroatoms. The number of nitrogens with two attached hydrogens (primary N) is 1. The predicted molar refractivity (Wildman–Crippen MR) is 96.6 cm³/mol. The molecule has 0 saturated carbocycles. The van der Waals surface area contributed by atoms with Crippen molar-refractivity contribution in [2.45, 2.75) is 19.8 Å². The number of aryl methyl sites for hydroxylation is 1. The standard InChI is InChI=1S/C18H21BrN2O2/c1-13-2-7-17(16(19)12-13)23-11-9-18(22)21-10-8-14-3-5-15(20)6-4-14/h2-7,12H,8-11,20H2,1H3,(H,21,22). The Balaban J connectivity index is 1.66. The number of ether oxygens (including phenoxy) is 1. The molecule has 0 heterocycles. The molecule has 3 N–H and O–H groups in total. The number of hydrogen-bond acceptors (Lipinski definition) is 3. The van der Waals surface area contributed by atoms with Crippen molar-refractivity contribution in [1.29, 1.82) is 0 Å². The molecule has 0 atom stereocenters. The van der Waals surface area contributed by atoms with E-state index in [2.05, 4.69) is 21.2 Å². The highest BCUT2D eigenvalue weighted by atomic mass is 79.9. The summed E-state index contributed by atoms with van der Waals surface area (Å²) in [5, 5.41) is 2.89. The first-order chi connectivity index (χ1) is 11.0. The number of carbonyl (C=O) groups is 1. The number of hydrogen-bond donors (Lipinski definition) is 2. The number of halogens is 1. The topological polar surface area (TPSA) is 64.3 Å². The number of amides is 1. The average molecular weight is 377 g/mol. The average Bonchev–Trinajstić information content (AvgIpc) is 2.51. The van der Waals surface area contributed by atoms with Gasteiger partial charge in [0.15, 0.2) is 0 Å². The van der Waals surface area contributed by atoms with Crippen molar-refractivity contribution >= 4 is 27.5 Å². The van der Waals surface area contributed by atoms with E-state index in [1.165, 1.54) is 0 Å². The zero-order valence-corrected chi connectivity index (χ0v) is 14.7. The Morgan fingerprint density at radius 2 is 1.96 bits per heavy atom. The second kappa shape index (κ2) is 8.58. The van der Waals surface area contributed by atoms with Crippen LogP contribution in [0, 0.1) is 6.92 Å². The third kappa shape index (κ3) is 5.94. The summed E-state index contributed by atoms with van der Waals surface area (Å²) >= 11 is 3.45. The second-order valence-electron chi connectivity index (χ2n) is 5.37. The van der Waals surface area contributed by atoms with Gasteiger partial charge in [0.1, 0.15) is 5.75 Å². The molecule has 4 nitrogen and oxygen atoms in total. The van der Waals surface area contributed by atoms with E-state index in [0.29, 0.717) is 19.6 Å². The van der Waals surface area contributed by atoms with Gasteiger partial charge >= 0.3 is 0 Å². The highest BCUT2D eigenvalue weighted by Gasteiger charge is 2.04. The fraction of sp³-hybridized carbons (Fsp3) is 0.278. The molecule has 2 rings (SSSR count). The lowest BCUT2D eigenvalue weighted by atomic mass is 10.1. The van der Waals surface area contributed by atoms with Gasteiger partial charge in [-0.15, -0.1) is 0 Å². The van der Waals surface area contributed by atoms with Crippen LogP contribution in [0.2, 0.25) is 0 Å². The maximum absolute atomic E-state index is 11.8. The van der Waals surface area contributed by atoms with Crippen LogP contribution in [0.25, 0.3) is 0 Å².